The second-order valence-corrected chi connectivity index (χ2v) is 6.14. The van der Waals surface area contributed by atoms with Crippen LogP contribution >= 0.6 is 15.9 Å². The molecule has 0 N–H and O–H groups in total. The summed E-state index contributed by atoms with van der Waals surface area (Å²) in [6, 6.07) is 8.55. The summed E-state index contributed by atoms with van der Waals surface area (Å²) in [7, 11) is 0. The summed E-state index contributed by atoms with van der Waals surface area (Å²) in [6.45, 7) is 2.97. The quantitative estimate of drug-likeness (QED) is 0.718. The van der Waals surface area contributed by atoms with Crippen molar-refractivity contribution in [3.8, 4) is 5.75 Å². The molecule has 1 aromatic rings. The van der Waals surface area contributed by atoms with E-state index < -0.39 is 0 Å². The average Bonchev–Trinajstić information content (AvgIpc) is 2.37. The van der Waals surface area contributed by atoms with Gasteiger partial charge in [0.1, 0.15) is 5.75 Å². The van der Waals surface area contributed by atoms with Gasteiger partial charge >= 0.3 is 0 Å². The number of hydrogen-bond donors (Lipinski definition) is 0. The summed E-state index contributed by atoms with van der Waals surface area (Å²) in [4.78, 5) is 0.681. The van der Waals surface area contributed by atoms with Crippen molar-refractivity contribution in [3.63, 3.8) is 0 Å². The van der Waals surface area contributed by atoms with E-state index in [1.165, 1.54) is 31.2 Å². The Kier molecular flexibility index (Phi) is 4.90. The van der Waals surface area contributed by atoms with Gasteiger partial charge < -0.3 is 4.74 Å². The molecule has 0 aliphatic heterocycles. The zero-order chi connectivity index (χ0) is 12.1. The molecule has 1 fully saturated rings. The molecule has 1 aliphatic rings. The zero-order valence-electron chi connectivity index (χ0n) is 10.5. The lowest BCUT2D eigenvalue weighted by molar-refractivity contribution is 0.308. The van der Waals surface area contributed by atoms with Gasteiger partial charge in [0.25, 0.3) is 0 Å². The molecule has 0 saturated heterocycles. The molecule has 0 amide bonds. The van der Waals surface area contributed by atoms with E-state index >= 15 is 0 Å². The number of alkyl halides is 1. The lowest BCUT2D eigenvalue weighted by atomic mass is 9.83. The van der Waals surface area contributed by atoms with Gasteiger partial charge in [0.05, 0.1) is 6.61 Å². The molecule has 94 valence electrons. The van der Waals surface area contributed by atoms with E-state index in [0.717, 1.165) is 18.8 Å². The predicted molar refractivity (Wildman–Crippen MR) is 76.2 cm³/mol. The highest BCUT2D eigenvalue weighted by Crippen LogP contribution is 2.39. The van der Waals surface area contributed by atoms with Crippen LogP contribution in [0.4, 0.5) is 0 Å². The third-order valence-corrected chi connectivity index (χ3v) is 4.26. The van der Waals surface area contributed by atoms with E-state index in [2.05, 4.69) is 47.1 Å². The molecule has 0 heterocycles. The molecule has 2 rings (SSSR count). The van der Waals surface area contributed by atoms with Crippen LogP contribution < -0.4 is 4.74 Å². The van der Waals surface area contributed by atoms with Crippen molar-refractivity contribution in [2.75, 3.05) is 6.61 Å². The first kappa shape index (κ1) is 12.9. The number of hydrogen-bond acceptors (Lipinski definition) is 1. The van der Waals surface area contributed by atoms with Gasteiger partial charge in [-0.2, -0.15) is 0 Å². The maximum absolute atomic E-state index is 5.86. The summed E-state index contributed by atoms with van der Waals surface area (Å²) >= 11 is 3.76. The lowest BCUT2D eigenvalue weighted by Crippen LogP contribution is -2.14. The first-order valence-corrected chi connectivity index (χ1v) is 7.58. The highest BCUT2D eigenvalue weighted by atomic mass is 79.9. The minimum Gasteiger partial charge on any atom is -0.493 e. The fourth-order valence-corrected chi connectivity index (χ4v) is 3.35. The average molecular weight is 297 g/mol. The Morgan fingerprint density at radius 1 is 1.29 bits per heavy atom. The molecular formula is C15H21BrO. The van der Waals surface area contributed by atoms with E-state index in [1.807, 2.05) is 0 Å². The Morgan fingerprint density at radius 2 is 2.12 bits per heavy atom. The Labute approximate surface area is 113 Å². The van der Waals surface area contributed by atoms with Gasteiger partial charge in [-0.3, -0.25) is 0 Å². The second-order valence-electron chi connectivity index (χ2n) is 4.85. The Bertz CT molecular complexity index is 351. The lowest BCUT2D eigenvalue weighted by Gasteiger charge is -2.27. The van der Waals surface area contributed by atoms with Crippen LogP contribution in [0.3, 0.4) is 0 Å². The van der Waals surface area contributed by atoms with E-state index in [0.29, 0.717) is 10.7 Å². The molecule has 1 nitrogen and oxygen atoms in total. The van der Waals surface area contributed by atoms with Crippen molar-refractivity contribution in [2.45, 2.75) is 49.8 Å². The molecule has 0 radical (unpaired) electrons. The highest BCUT2D eigenvalue weighted by molar-refractivity contribution is 9.09. The van der Waals surface area contributed by atoms with Gasteiger partial charge in [-0.15, -0.1) is 0 Å². The monoisotopic (exact) mass is 296 g/mol. The van der Waals surface area contributed by atoms with Gasteiger partial charge in [-0.25, -0.2) is 0 Å². The second kappa shape index (κ2) is 6.44. The first-order chi connectivity index (χ1) is 8.31. The van der Waals surface area contributed by atoms with Gasteiger partial charge in [-0.05, 0) is 43.2 Å². The zero-order valence-corrected chi connectivity index (χ0v) is 12.1. The van der Waals surface area contributed by atoms with Crippen LogP contribution in [0.15, 0.2) is 24.3 Å². The number of para-hydroxylation sites is 1. The molecule has 2 unspecified atom stereocenters. The number of benzene rings is 1. The van der Waals surface area contributed by atoms with Crippen LogP contribution in [0.25, 0.3) is 0 Å². The van der Waals surface area contributed by atoms with Crippen molar-refractivity contribution >= 4 is 15.9 Å². The maximum Gasteiger partial charge on any atom is 0.122 e. The SMILES string of the molecule is CCCOc1ccccc1C1CCCC(Br)C1. The van der Waals surface area contributed by atoms with Gasteiger partial charge in [-0.1, -0.05) is 47.5 Å². The fourth-order valence-electron chi connectivity index (χ4n) is 2.57. The van der Waals surface area contributed by atoms with Crippen LogP contribution in [0.1, 0.15) is 50.5 Å². The Hall–Kier alpha value is -0.500. The number of halogens is 1. The molecule has 1 aliphatic carbocycles. The summed E-state index contributed by atoms with van der Waals surface area (Å²) in [5.74, 6) is 1.77. The minimum atomic E-state index is 0.668. The van der Waals surface area contributed by atoms with Crippen molar-refractivity contribution in [1.82, 2.24) is 0 Å². The van der Waals surface area contributed by atoms with Gasteiger partial charge in [0.15, 0.2) is 0 Å². The van der Waals surface area contributed by atoms with Crippen LogP contribution in [0, 0.1) is 0 Å². The van der Waals surface area contributed by atoms with Crippen molar-refractivity contribution in [1.29, 1.82) is 0 Å². The van der Waals surface area contributed by atoms with Crippen LogP contribution in [-0.2, 0) is 0 Å². The molecule has 0 aromatic heterocycles. The topological polar surface area (TPSA) is 9.23 Å². The molecule has 17 heavy (non-hydrogen) atoms. The van der Waals surface area contributed by atoms with E-state index in [-0.39, 0.29) is 0 Å². The Balaban J connectivity index is 2.12. The maximum atomic E-state index is 5.86. The third kappa shape index (κ3) is 3.48. The summed E-state index contributed by atoms with van der Waals surface area (Å²) < 4.78 is 5.86. The largest absolute Gasteiger partial charge is 0.493 e. The number of ether oxygens (including phenoxy) is 1. The molecular weight excluding hydrogens is 276 g/mol. The van der Waals surface area contributed by atoms with Crippen LogP contribution in [0.2, 0.25) is 0 Å². The molecule has 0 bridgehead atoms. The van der Waals surface area contributed by atoms with E-state index in [4.69, 9.17) is 4.74 Å². The van der Waals surface area contributed by atoms with Gasteiger partial charge in [0, 0.05) is 4.83 Å². The smallest absolute Gasteiger partial charge is 0.122 e. The molecule has 1 aromatic carbocycles. The minimum absolute atomic E-state index is 0.668. The van der Waals surface area contributed by atoms with Crippen molar-refractivity contribution in [2.24, 2.45) is 0 Å². The van der Waals surface area contributed by atoms with Gasteiger partial charge in [0.2, 0.25) is 0 Å². The molecule has 1 saturated carbocycles. The normalized spacial score (nSPS) is 24.6. The van der Waals surface area contributed by atoms with E-state index in [1.54, 1.807) is 0 Å². The van der Waals surface area contributed by atoms with Crippen molar-refractivity contribution in [3.05, 3.63) is 29.8 Å². The standard InChI is InChI=1S/C15H21BrO/c1-2-10-17-15-9-4-3-8-14(15)12-6-5-7-13(16)11-12/h3-4,8-9,12-13H,2,5-7,10-11H2,1H3. The fraction of sp³-hybridized carbons (Fsp3) is 0.600. The Morgan fingerprint density at radius 3 is 2.88 bits per heavy atom. The first-order valence-electron chi connectivity index (χ1n) is 6.67. The highest BCUT2D eigenvalue weighted by Gasteiger charge is 2.23. The molecule has 2 atom stereocenters. The van der Waals surface area contributed by atoms with E-state index in [9.17, 15) is 0 Å². The van der Waals surface area contributed by atoms with Crippen LogP contribution in [0.5, 0.6) is 5.75 Å². The third-order valence-electron chi connectivity index (χ3n) is 3.43. The summed E-state index contributed by atoms with van der Waals surface area (Å²) in [5, 5.41) is 0. The number of rotatable bonds is 4. The van der Waals surface area contributed by atoms with Crippen LogP contribution in [-0.4, -0.2) is 11.4 Å². The summed E-state index contributed by atoms with van der Waals surface area (Å²) in [6.07, 6.45) is 6.25. The molecule has 2 heteroatoms. The summed E-state index contributed by atoms with van der Waals surface area (Å²) in [5.41, 5.74) is 1.41. The molecule has 0 spiro atoms. The predicted octanol–water partition coefficient (Wildman–Crippen LogP) is 4.90. The van der Waals surface area contributed by atoms with Crippen molar-refractivity contribution < 1.29 is 4.74 Å².